The van der Waals surface area contributed by atoms with Gasteiger partial charge in [0.2, 0.25) is 10.0 Å². The van der Waals surface area contributed by atoms with E-state index < -0.39 is 21.3 Å². The monoisotopic (exact) mass is 256 g/mol. The summed E-state index contributed by atoms with van der Waals surface area (Å²) in [5, 5.41) is 1.85. The van der Waals surface area contributed by atoms with Crippen molar-refractivity contribution in [3.05, 3.63) is 35.9 Å². The molecule has 94 valence electrons. The number of sulfonamides is 1. The van der Waals surface area contributed by atoms with E-state index in [1.54, 1.807) is 0 Å². The Hall–Kier alpha value is -1.56. The molecule has 0 atom stereocenters. The van der Waals surface area contributed by atoms with Gasteiger partial charge in [-0.1, -0.05) is 30.3 Å². The lowest BCUT2D eigenvalue weighted by Gasteiger charge is -2.10. The highest BCUT2D eigenvalue weighted by Gasteiger charge is 2.18. The number of benzene rings is 1. The number of carbonyl (C=O) groups excluding carboxylic acids is 1. The molecule has 0 saturated heterocycles. The molecule has 2 amide bonds. The van der Waals surface area contributed by atoms with E-state index in [-0.39, 0.29) is 0 Å². The minimum atomic E-state index is -3.56. The Morgan fingerprint density at radius 1 is 1.24 bits per heavy atom. The fraction of sp³-hybridized carbons (Fsp3) is 0.364. The Morgan fingerprint density at radius 3 is 2.35 bits per heavy atom. The lowest BCUT2D eigenvalue weighted by molar-refractivity contribution is 0.245. The summed E-state index contributed by atoms with van der Waals surface area (Å²) in [4.78, 5) is 11.3. The zero-order valence-electron chi connectivity index (χ0n) is 9.80. The number of rotatable bonds is 4. The van der Waals surface area contributed by atoms with Gasteiger partial charge in [0.1, 0.15) is 0 Å². The molecule has 0 fully saturated rings. The van der Waals surface area contributed by atoms with E-state index >= 15 is 0 Å². The number of hydrogen-bond donors (Lipinski definition) is 2. The first kappa shape index (κ1) is 13.5. The van der Waals surface area contributed by atoms with Gasteiger partial charge in [0.25, 0.3) is 0 Å². The van der Waals surface area contributed by atoms with Crippen molar-refractivity contribution in [1.82, 2.24) is 10.0 Å². The Kier molecular flexibility index (Phi) is 4.51. The van der Waals surface area contributed by atoms with Crippen molar-refractivity contribution in [2.45, 2.75) is 25.6 Å². The van der Waals surface area contributed by atoms with Crippen LogP contribution in [0.25, 0.3) is 0 Å². The van der Waals surface area contributed by atoms with Gasteiger partial charge in [0.05, 0.1) is 5.25 Å². The number of nitrogens with one attached hydrogen (secondary N) is 2. The maximum absolute atomic E-state index is 11.4. The van der Waals surface area contributed by atoms with E-state index in [2.05, 4.69) is 5.32 Å². The van der Waals surface area contributed by atoms with Gasteiger partial charge < -0.3 is 5.32 Å². The summed E-state index contributed by atoms with van der Waals surface area (Å²) in [6.45, 7) is 3.31. The van der Waals surface area contributed by atoms with Crippen LogP contribution < -0.4 is 10.0 Å². The fourth-order valence-electron chi connectivity index (χ4n) is 1.06. The average molecular weight is 256 g/mol. The highest BCUT2D eigenvalue weighted by atomic mass is 32.2. The van der Waals surface area contributed by atoms with E-state index in [0.717, 1.165) is 5.56 Å². The maximum Gasteiger partial charge on any atom is 0.328 e. The lowest BCUT2D eigenvalue weighted by atomic mass is 10.2. The summed E-state index contributed by atoms with van der Waals surface area (Å²) in [5.41, 5.74) is 0.907. The third-order valence-electron chi connectivity index (χ3n) is 2.15. The molecule has 0 saturated carbocycles. The summed E-state index contributed by atoms with van der Waals surface area (Å²) in [6.07, 6.45) is 0. The topological polar surface area (TPSA) is 75.3 Å². The van der Waals surface area contributed by atoms with Crippen LogP contribution in [0.15, 0.2) is 30.3 Å². The van der Waals surface area contributed by atoms with E-state index in [9.17, 15) is 13.2 Å². The molecule has 0 unspecified atom stereocenters. The number of urea groups is 1. The van der Waals surface area contributed by atoms with Crippen LogP contribution in [-0.4, -0.2) is 19.7 Å². The summed E-state index contributed by atoms with van der Waals surface area (Å²) < 4.78 is 24.7. The second-order valence-electron chi connectivity index (χ2n) is 3.86. The van der Waals surface area contributed by atoms with Gasteiger partial charge in [0, 0.05) is 6.54 Å². The summed E-state index contributed by atoms with van der Waals surface area (Å²) >= 11 is 0. The number of amides is 2. The molecular weight excluding hydrogens is 240 g/mol. The third kappa shape index (κ3) is 4.44. The third-order valence-corrected chi connectivity index (χ3v) is 3.86. The van der Waals surface area contributed by atoms with Gasteiger partial charge in [-0.15, -0.1) is 0 Å². The van der Waals surface area contributed by atoms with E-state index in [1.165, 1.54) is 13.8 Å². The van der Waals surface area contributed by atoms with E-state index in [4.69, 9.17) is 0 Å². The van der Waals surface area contributed by atoms with E-state index in [0.29, 0.717) is 6.54 Å². The van der Waals surface area contributed by atoms with Crippen molar-refractivity contribution in [3.8, 4) is 0 Å². The molecule has 17 heavy (non-hydrogen) atoms. The first-order chi connectivity index (χ1) is 7.92. The maximum atomic E-state index is 11.4. The minimum absolute atomic E-state index is 0.292. The van der Waals surface area contributed by atoms with Crippen molar-refractivity contribution >= 4 is 16.1 Å². The average Bonchev–Trinajstić information content (AvgIpc) is 2.27. The SMILES string of the molecule is CC(C)S(=O)(=O)NC(=O)NCc1ccccc1. The van der Waals surface area contributed by atoms with Crippen molar-refractivity contribution < 1.29 is 13.2 Å². The second-order valence-corrected chi connectivity index (χ2v) is 6.10. The lowest BCUT2D eigenvalue weighted by Crippen LogP contribution is -2.42. The number of carbonyl (C=O) groups is 1. The van der Waals surface area contributed by atoms with Crippen LogP contribution in [0, 0.1) is 0 Å². The quantitative estimate of drug-likeness (QED) is 0.850. The Labute approximate surface area is 101 Å². The van der Waals surface area contributed by atoms with Crippen LogP contribution in [0.5, 0.6) is 0 Å². The van der Waals surface area contributed by atoms with Gasteiger partial charge in [-0.3, -0.25) is 0 Å². The van der Waals surface area contributed by atoms with Gasteiger partial charge in [0.15, 0.2) is 0 Å². The van der Waals surface area contributed by atoms with Crippen LogP contribution in [0.1, 0.15) is 19.4 Å². The molecule has 0 heterocycles. The van der Waals surface area contributed by atoms with Crippen molar-refractivity contribution in [1.29, 1.82) is 0 Å². The van der Waals surface area contributed by atoms with Crippen LogP contribution in [0.4, 0.5) is 4.79 Å². The Bertz CT molecular complexity index is 469. The summed E-state index contributed by atoms with van der Waals surface area (Å²) in [5.74, 6) is 0. The zero-order valence-corrected chi connectivity index (χ0v) is 10.6. The van der Waals surface area contributed by atoms with Crippen LogP contribution in [0.3, 0.4) is 0 Å². The molecule has 0 radical (unpaired) electrons. The van der Waals surface area contributed by atoms with Gasteiger partial charge >= 0.3 is 6.03 Å². The highest BCUT2D eigenvalue weighted by molar-refractivity contribution is 7.90. The molecule has 0 aliphatic carbocycles. The first-order valence-electron chi connectivity index (χ1n) is 5.25. The molecule has 5 nitrogen and oxygen atoms in total. The molecule has 0 aliphatic heterocycles. The Morgan fingerprint density at radius 2 is 1.82 bits per heavy atom. The molecule has 2 N–H and O–H groups in total. The van der Waals surface area contributed by atoms with Gasteiger partial charge in [-0.2, -0.15) is 0 Å². The first-order valence-corrected chi connectivity index (χ1v) is 6.80. The molecule has 0 bridgehead atoms. The van der Waals surface area contributed by atoms with E-state index in [1.807, 2.05) is 35.1 Å². The van der Waals surface area contributed by atoms with Crippen LogP contribution in [-0.2, 0) is 16.6 Å². The number of hydrogen-bond acceptors (Lipinski definition) is 3. The van der Waals surface area contributed by atoms with Crippen LogP contribution >= 0.6 is 0 Å². The molecule has 1 aromatic rings. The second kappa shape index (κ2) is 5.67. The van der Waals surface area contributed by atoms with Crippen molar-refractivity contribution in [2.75, 3.05) is 0 Å². The highest BCUT2D eigenvalue weighted by Crippen LogP contribution is 1.98. The molecule has 6 heteroatoms. The molecular formula is C11H16N2O3S. The predicted molar refractivity (Wildman–Crippen MR) is 65.9 cm³/mol. The smallest absolute Gasteiger partial charge is 0.328 e. The predicted octanol–water partition coefficient (Wildman–Crippen LogP) is 1.22. The molecule has 1 rings (SSSR count). The zero-order chi connectivity index (χ0) is 12.9. The normalized spacial score (nSPS) is 11.2. The molecule has 0 aliphatic rings. The standard InChI is InChI=1S/C11H16N2O3S/c1-9(2)17(15,16)13-11(14)12-8-10-6-4-3-5-7-10/h3-7,9H,8H2,1-2H3,(H2,12,13,14). The van der Waals surface area contributed by atoms with Crippen molar-refractivity contribution in [3.63, 3.8) is 0 Å². The van der Waals surface area contributed by atoms with Crippen LogP contribution in [0.2, 0.25) is 0 Å². The van der Waals surface area contributed by atoms with Crippen molar-refractivity contribution in [2.24, 2.45) is 0 Å². The molecule has 1 aromatic carbocycles. The fourth-order valence-corrected chi connectivity index (χ4v) is 1.63. The molecule has 0 aromatic heterocycles. The van der Waals surface area contributed by atoms with Gasteiger partial charge in [-0.25, -0.2) is 17.9 Å². The Balaban J connectivity index is 2.47. The summed E-state index contributed by atoms with van der Waals surface area (Å²) in [7, 11) is -3.56. The van der Waals surface area contributed by atoms with Gasteiger partial charge in [-0.05, 0) is 19.4 Å². The largest absolute Gasteiger partial charge is 0.333 e. The molecule has 0 spiro atoms. The summed E-state index contributed by atoms with van der Waals surface area (Å²) in [6, 6.07) is 8.54. The minimum Gasteiger partial charge on any atom is -0.333 e.